The fourth-order valence-electron chi connectivity index (χ4n) is 3.45. The van der Waals surface area contributed by atoms with Crippen LogP contribution in [-0.4, -0.2) is 17.1 Å². The third-order valence-electron chi connectivity index (χ3n) is 5.12. The van der Waals surface area contributed by atoms with Gasteiger partial charge in [-0.1, -0.05) is 82.4 Å². The summed E-state index contributed by atoms with van der Waals surface area (Å²) in [6, 6.07) is 20.5. The van der Waals surface area contributed by atoms with E-state index in [-0.39, 0.29) is 21.5 Å². The van der Waals surface area contributed by atoms with Crippen LogP contribution in [0.2, 0.25) is 20.1 Å². The number of nitrogens with zero attached hydrogens (tertiary/aromatic N) is 2. The minimum Gasteiger partial charge on any atom is -0.321 e. The fraction of sp³-hybridized carbons (Fsp3) is 0.0800. The minimum absolute atomic E-state index is 0.206. The molecule has 3 aromatic carbocycles. The predicted molar refractivity (Wildman–Crippen MR) is 143 cm³/mol. The number of amides is 2. The van der Waals surface area contributed by atoms with Gasteiger partial charge in [0.2, 0.25) is 5.91 Å². The van der Waals surface area contributed by atoms with Crippen molar-refractivity contribution in [1.82, 2.24) is 0 Å². The second kappa shape index (κ2) is 10.9. The van der Waals surface area contributed by atoms with Crippen LogP contribution in [0.25, 0.3) is 0 Å². The van der Waals surface area contributed by atoms with Crippen molar-refractivity contribution in [2.45, 2.75) is 11.7 Å². The predicted octanol–water partition coefficient (Wildman–Crippen LogP) is 7.37. The van der Waals surface area contributed by atoms with Crippen molar-refractivity contribution in [2.75, 3.05) is 10.2 Å². The number of nitrogens with one attached hydrogen (secondary N) is 1. The van der Waals surface area contributed by atoms with Crippen molar-refractivity contribution in [3.05, 3.63) is 103 Å². The van der Waals surface area contributed by atoms with Crippen molar-refractivity contribution in [3.63, 3.8) is 0 Å². The number of carbonyl (C=O) groups excluding carboxylic acids is 2. The minimum atomic E-state index is -0.674. The Hall–Kier alpha value is -2.66. The van der Waals surface area contributed by atoms with E-state index in [0.717, 1.165) is 17.3 Å². The molecule has 0 aliphatic carbocycles. The smallest absolute Gasteiger partial charge is 0.269 e. The van der Waals surface area contributed by atoms with Crippen LogP contribution in [0.1, 0.15) is 5.56 Å². The molecular formula is C25H15Cl4N3O2S. The summed E-state index contributed by atoms with van der Waals surface area (Å²) in [4.78, 5) is 28.0. The van der Waals surface area contributed by atoms with Gasteiger partial charge in [0.05, 0.1) is 15.3 Å². The molecule has 3 aromatic rings. The molecule has 1 heterocycles. The number of halogens is 4. The number of nitriles is 1. The Morgan fingerprint density at radius 1 is 0.971 bits per heavy atom. The highest BCUT2D eigenvalue weighted by Gasteiger charge is 2.41. The molecule has 0 aromatic heterocycles. The first kappa shape index (κ1) is 25.4. The van der Waals surface area contributed by atoms with Crippen LogP contribution in [-0.2, 0) is 16.0 Å². The molecule has 1 unspecified atom stereocenters. The van der Waals surface area contributed by atoms with Gasteiger partial charge in [-0.15, -0.1) is 0 Å². The summed E-state index contributed by atoms with van der Waals surface area (Å²) in [6.45, 7) is 0. The lowest BCUT2D eigenvalue weighted by atomic mass is 10.1. The van der Waals surface area contributed by atoms with Gasteiger partial charge in [-0.3, -0.25) is 14.5 Å². The Morgan fingerprint density at radius 2 is 1.71 bits per heavy atom. The largest absolute Gasteiger partial charge is 0.321 e. The maximum Gasteiger partial charge on any atom is 0.269 e. The molecule has 4 rings (SSSR count). The summed E-state index contributed by atoms with van der Waals surface area (Å²) in [5.74, 6) is -0.940. The number of benzene rings is 3. The van der Waals surface area contributed by atoms with Gasteiger partial charge in [0.1, 0.15) is 16.7 Å². The Balaban J connectivity index is 1.72. The van der Waals surface area contributed by atoms with Gasteiger partial charge in [-0.25, -0.2) is 0 Å². The number of thioether (sulfide) groups is 1. The quantitative estimate of drug-likeness (QED) is 0.260. The zero-order chi connectivity index (χ0) is 25.1. The summed E-state index contributed by atoms with van der Waals surface area (Å²) < 4.78 is 0. The summed E-state index contributed by atoms with van der Waals surface area (Å²) >= 11 is 25.5. The van der Waals surface area contributed by atoms with Crippen molar-refractivity contribution in [2.24, 2.45) is 0 Å². The maximum atomic E-state index is 13.5. The molecule has 1 saturated heterocycles. The second-order valence-electron chi connectivity index (χ2n) is 7.43. The standard InChI is InChI=1S/C25H15Cl4N3O2S/c26-15-7-6-14(20(28)11-15)10-22-24(34)32(17-4-2-1-3-5-17)25(35-22)18(13-30)23(33)31-16-8-9-19(27)21(29)12-16/h1-9,11-12,22H,10H2,(H,31,33). The zero-order valence-corrected chi connectivity index (χ0v) is 21.6. The van der Waals surface area contributed by atoms with Crippen LogP contribution < -0.4 is 10.2 Å². The van der Waals surface area contributed by atoms with Crippen molar-refractivity contribution in [1.29, 1.82) is 5.26 Å². The monoisotopic (exact) mass is 561 g/mol. The Morgan fingerprint density at radius 3 is 2.37 bits per heavy atom. The van der Waals surface area contributed by atoms with E-state index in [2.05, 4.69) is 5.32 Å². The van der Waals surface area contributed by atoms with E-state index < -0.39 is 11.2 Å². The molecule has 0 radical (unpaired) electrons. The first-order valence-electron chi connectivity index (χ1n) is 10.2. The number of hydrogen-bond acceptors (Lipinski definition) is 4. The summed E-state index contributed by atoms with van der Waals surface area (Å²) in [5.41, 5.74) is 1.43. The molecule has 1 aliphatic rings. The Labute approximate surface area is 226 Å². The van der Waals surface area contributed by atoms with E-state index >= 15 is 0 Å². The topological polar surface area (TPSA) is 73.2 Å². The number of rotatable bonds is 5. The Bertz CT molecular complexity index is 1390. The maximum absolute atomic E-state index is 13.5. The normalized spacial score (nSPS) is 16.7. The van der Waals surface area contributed by atoms with Gasteiger partial charge in [0.15, 0.2) is 0 Å². The average Bonchev–Trinajstić information content (AvgIpc) is 3.14. The third kappa shape index (κ3) is 5.61. The Kier molecular flexibility index (Phi) is 7.95. The molecule has 0 bridgehead atoms. The van der Waals surface area contributed by atoms with Crippen LogP contribution in [0, 0.1) is 11.3 Å². The zero-order valence-electron chi connectivity index (χ0n) is 17.8. The van der Waals surface area contributed by atoms with Gasteiger partial charge in [-0.2, -0.15) is 5.26 Å². The van der Waals surface area contributed by atoms with Crippen LogP contribution >= 0.6 is 58.2 Å². The van der Waals surface area contributed by atoms with Crippen molar-refractivity contribution in [3.8, 4) is 6.07 Å². The lowest BCUT2D eigenvalue weighted by Gasteiger charge is -2.18. The SMILES string of the molecule is N#CC(C(=O)Nc1ccc(Cl)c(Cl)c1)=C1SC(Cc2ccc(Cl)cc2Cl)C(=O)N1c1ccccc1. The van der Waals surface area contributed by atoms with Gasteiger partial charge >= 0.3 is 0 Å². The van der Waals surface area contributed by atoms with E-state index in [1.807, 2.05) is 12.1 Å². The van der Waals surface area contributed by atoms with Crippen LogP contribution in [0.5, 0.6) is 0 Å². The highest BCUT2D eigenvalue weighted by atomic mass is 35.5. The molecule has 2 amide bonds. The molecular weight excluding hydrogens is 548 g/mol. The number of anilines is 2. The molecule has 5 nitrogen and oxygen atoms in total. The van der Waals surface area contributed by atoms with E-state index in [1.54, 1.807) is 48.5 Å². The molecule has 1 N–H and O–H groups in total. The van der Waals surface area contributed by atoms with Crippen LogP contribution in [0.15, 0.2) is 77.3 Å². The van der Waals surface area contributed by atoms with Gasteiger partial charge < -0.3 is 5.32 Å². The number of carbonyl (C=O) groups is 2. The van der Waals surface area contributed by atoms with Gasteiger partial charge in [-0.05, 0) is 54.4 Å². The first-order chi connectivity index (χ1) is 16.8. The summed E-state index contributed by atoms with van der Waals surface area (Å²) in [6.07, 6.45) is 0.291. The van der Waals surface area contributed by atoms with Crippen molar-refractivity contribution >= 4 is 81.4 Å². The van der Waals surface area contributed by atoms with Crippen LogP contribution in [0.4, 0.5) is 11.4 Å². The molecule has 1 atom stereocenters. The fourth-order valence-corrected chi connectivity index (χ4v) is 5.53. The van der Waals surface area contributed by atoms with E-state index in [0.29, 0.717) is 32.9 Å². The molecule has 10 heteroatoms. The van der Waals surface area contributed by atoms with Gasteiger partial charge in [0.25, 0.3) is 5.91 Å². The first-order valence-corrected chi connectivity index (χ1v) is 12.6. The lowest BCUT2D eigenvalue weighted by molar-refractivity contribution is -0.117. The highest BCUT2D eigenvalue weighted by molar-refractivity contribution is 8.05. The third-order valence-corrected chi connectivity index (χ3v) is 7.71. The number of para-hydroxylation sites is 1. The van der Waals surface area contributed by atoms with Crippen molar-refractivity contribution < 1.29 is 9.59 Å². The molecule has 1 aliphatic heterocycles. The molecule has 1 fully saturated rings. The van der Waals surface area contributed by atoms with E-state index in [1.165, 1.54) is 17.0 Å². The summed E-state index contributed by atoms with van der Waals surface area (Å²) in [5, 5.41) is 13.7. The molecule has 176 valence electrons. The van der Waals surface area contributed by atoms with Crippen LogP contribution in [0.3, 0.4) is 0 Å². The molecule has 0 saturated carbocycles. The highest BCUT2D eigenvalue weighted by Crippen LogP contribution is 2.42. The average molecular weight is 563 g/mol. The summed E-state index contributed by atoms with van der Waals surface area (Å²) in [7, 11) is 0. The second-order valence-corrected chi connectivity index (χ2v) is 10.3. The lowest BCUT2D eigenvalue weighted by Crippen LogP contribution is -2.30. The molecule has 0 spiro atoms. The number of hydrogen-bond donors (Lipinski definition) is 1. The van der Waals surface area contributed by atoms with Gasteiger partial charge in [0, 0.05) is 21.4 Å². The van der Waals surface area contributed by atoms with E-state index in [4.69, 9.17) is 46.4 Å². The molecule has 35 heavy (non-hydrogen) atoms. The van der Waals surface area contributed by atoms with E-state index in [9.17, 15) is 14.9 Å².